The van der Waals surface area contributed by atoms with Crippen molar-refractivity contribution < 1.29 is 14.3 Å². The Morgan fingerprint density at radius 2 is 1.86 bits per heavy atom. The van der Waals surface area contributed by atoms with Crippen LogP contribution < -0.4 is 0 Å². The number of halogens is 1. The fourth-order valence-electron chi connectivity index (χ4n) is 1.98. The van der Waals surface area contributed by atoms with Crippen LogP contribution >= 0.6 is 11.6 Å². The lowest BCUT2D eigenvalue weighted by atomic mass is 10.1. The van der Waals surface area contributed by atoms with Crippen molar-refractivity contribution in [3.8, 4) is 0 Å². The third-order valence-electron chi connectivity index (χ3n) is 3.02. The van der Waals surface area contributed by atoms with Gasteiger partial charge in [0, 0.05) is 18.1 Å². The van der Waals surface area contributed by atoms with E-state index in [-0.39, 0.29) is 18.3 Å². The minimum atomic E-state index is -0.303. The summed E-state index contributed by atoms with van der Waals surface area (Å²) in [6.07, 6.45) is 0.528. The van der Waals surface area contributed by atoms with Crippen molar-refractivity contribution >= 4 is 23.5 Å². The van der Waals surface area contributed by atoms with Crippen molar-refractivity contribution in [1.82, 2.24) is 4.90 Å². The van der Waals surface area contributed by atoms with Crippen LogP contribution in [0.2, 0.25) is 5.02 Å². The molecule has 116 valence electrons. The van der Waals surface area contributed by atoms with Gasteiger partial charge in [0.15, 0.2) is 0 Å². The van der Waals surface area contributed by atoms with Crippen LogP contribution in [0.4, 0.5) is 0 Å². The highest BCUT2D eigenvalue weighted by Gasteiger charge is 2.16. The predicted octanol–water partition coefficient (Wildman–Crippen LogP) is 2.93. The monoisotopic (exact) mass is 311 g/mol. The Kier molecular flexibility index (Phi) is 7.23. The smallest absolute Gasteiger partial charge is 0.307 e. The second-order valence-electron chi connectivity index (χ2n) is 5.36. The first kappa shape index (κ1) is 17.5. The second-order valence-corrected chi connectivity index (χ2v) is 5.80. The summed E-state index contributed by atoms with van der Waals surface area (Å²) in [7, 11) is 1.35. The number of nitrogens with zero attached hydrogens (tertiary/aromatic N) is 1. The number of rotatable bonds is 7. The fourth-order valence-corrected chi connectivity index (χ4v) is 2.10. The molecule has 4 nitrogen and oxygen atoms in total. The van der Waals surface area contributed by atoms with Gasteiger partial charge in [0.25, 0.3) is 0 Å². The quantitative estimate of drug-likeness (QED) is 0.727. The molecule has 0 saturated heterocycles. The standard InChI is InChI=1S/C16H22ClNO3/c1-12(2)11-18(9-8-16(20)21-3)15(19)10-13-4-6-14(17)7-5-13/h4-7,12H,8-11H2,1-3H3. The van der Waals surface area contributed by atoms with Crippen LogP contribution in [0.5, 0.6) is 0 Å². The number of ether oxygens (including phenoxy) is 1. The van der Waals surface area contributed by atoms with Gasteiger partial charge >= 0.3 is 5.97 Å². The summed E-state index contributed by atoms with van der Waals surface area (Å²) in [6, 6.07) is 7.22. The lowest BCUT2D eigenvalue weighted by Gasteiger charge is -2.24. The van der Waals surface area contributed by atoms with Crippen LogP contribution in [-0.4, -0.2) is 37.0 Å². The summed E-state index contributed by atoms with van der Waals surface area (Å²) < 4.78 is 4.63. The number of carbonyl (C=O) groups is 2. The van der Waals surface area contributed by atoms with Crippen molar-refractivity contribution in [2.75, 3.05) is 20.2 Å². The number of hydrogen-bond acceptors (Lipinski definition) is 3. The molecule has 0 unspecified atom stereocenters. The summed E-state index contributed by atoms with van der Waals surface area (Å²) >= 11 is 5.83. The van der Waals surface area contributed by atoms with Crippen molar-refractivity contribution in [2.24, 2.45) is 5.92 Å². The van der Waals surface area contributed by atoms with Gasteiger partial charge in [-0.25, -0.2) is 0 Å². The van der Waals surface area contributed by atoms with Crippen LogP contribution in [-0.2, 0) is 20.7 Å². The number of benzene rings is 1. The van der Waals surface area contributed by atoms with Gasteiger partial charge in [-0.1, -0.05) is 37.6 Å². The average Bonchev–Trinajstić information content (AvgIpc) is 2.45. The van der Waals surface area contributed by atoms with E-state index in [1.54, 1.807) is 17.0 Å². The van der Waals surface area contributed by atoms with Crippen LogP contribution in [0.3, 0.4) is 0 Å². The van der Waals surface area contributed by atoms with E-state index in [0.717, 1.165) is 5.56 Å². The zero-order valence-corrected chi connectivity index (χ0v) is 13.5. The molecule has 0 fully saturated rings. The van der Waals surface area contributed by atoms with E-state index in [1.165, 1.54) is 7.11 Å². The van der Waals surface area contributed by atoms with Gasteiger partial charge in [0.05, 0.1) is 20.0 Å². The Labute approximate surface area is 131 Å². The van der Waals surface area contributed by atoms with Crippen molar-refractivity contribution in [3.63, 3.8) is 0 Å². The molecule has 0 N–H and O–H groups in total. The molecule has 1 rings (SSSR count). The third-order valence-corrected chi connectivity index (χ3v) is 3.27. The highest BCUT2D eigenvalue weighted by atomic mass is 35.5. The molecule has 0 aromatic heterocycles. The SMILES string of the molecule is COC(=O)CCN(CC(C)C)C(=O)Cc1ccc(Cl)cc1. The van der Waals surface area contributed by atoms with Crippen molar-refractivity contribution in [1.29, 1.82) is 0 Å². The van der Waals surface area contributed by atoms with E-state index in [0.29, 0.717) is 30.5 Å². The maximum atomic E-state index is 12.4. The van der Waals surface area contributed by atoms with E-state index in [4.69, 9.17) is 11.6 Å². The lowest BCUT2D eigenvalue weighted by molar-refractivity contribution is -0.141. The Bertz CT molecular complexity index is 471. The van der Waals surface area contributed by atoms with Gasteiger partial charge in [-0.05, 0) is 23.6 Å². The molecule has 1 aromatic carbocycles. The van der Waals surface area contributed by atoms with Crippen molar-refractivity contribution in [2.45, 2.75) is 26.7 Å². The predicted molar refractivity (Wildman–Crippen MR) is 83.2 cm³/mol. The molecule has 1 amide bonds. The number of hydrogen-bond donors (Lipinski definition) is 0. The molecular weight excluding hydrogens is 290 g/mol. The molecule has 0 atom stereocenters. The molecule has 0 aliphatic rings. The first-order valence-corrected chi connectivity index (χ1v) is 7.39. The van der Waals surface area contributed by atoms with Crippen LogP contribution in [0, 0.1) is 5.92 Å². The molecular formula is C16H22ClNO3. The van der Waals surface area contributed by atoms with E-state index < -0.39 is 0 Å². The molecule has 0 bridgehead atoms. The number of carbonyl (C=O) groups excluding carboxylic acids is 2. The minimum absolute atomic E-state index is 0.00919. The van der Waals surface area contributed by atoms with Gasteiger partial charge in [-0.3, -0.25) is 9.59 Å². The average molecular weight is 312 g/mol. The summed E-state index contributed by atoms with van der Waals surface area (Å²) in [5.41, 5.74) is 0.913. The zero-order valence-electron chi connectivity index (χ0n) is 12.8. The highest BCUT2D eigenvalue weighted by molar-refractivity contribution is 6.30. The number of methoxy groups -OCH3 is 1. The van der Waals surface area contributed by atoms with Gasteiger partial charge < -0.3 is 9.64 Å². The maximum absolute atomic E-state index is 12.4. The lowest BCUT2D eigenvalue weighted by Crippen LogP contribution is -2.37. The maximum Gasteiger partial charge on any atom is 0.307 e. The summed E-state index contributed by atoms with van der Waals surface area (Å²) in [5.74, 6) is 0.0507. The molecule has 1 aromatic rings. The third kappa shape index (κ3) is 6.63. The minimum Gasteiger partial charge on any atom is -0.469 e. The highest BCUT2D eigenvalue weighted by Crippen LogP contribution is 2.12. The fraction of sp³-hybridized carbons (Fsp3) is 0.500. The normalized spacial score (nSPS) is 10.5. The Balaban J connectivity index is 2.65. The van der Waals surface area contributed by atoms with Gasteiger partial charge in [0.2, 0.25) is 5.91 Å². The van der Waals surface area contributed by atoms with E-state index >= 15 is 0 Å². The zero-order chi connectivity index (χ0) is 15.8. The largest absolute Gasteiger partial charge is 0.469 e. The molecule has 21 heavy (non-hydrogen) atoms. The van der Waals surface area contributed by atoms with Crippen LogP contribution in [0.15, 0.2) is 24.3 Å². The molecule has 0 spiro atoms. The molecule has 0 saturated carbocycles. The number of amides is 1. The first-order valence-electron chi connectivity index (χ1n) is 7.01. The molecule has 0 aliphatic carbocycles. The Morgan fingerprint density at radius 1 is 1.24 bits per heavy atom. The summed E-state index contributed by atoms with van der Waals surface area (Å²) in [5, 5.41) is 0.649. The van der Waals surface area contributed by atoms with Crippen LogP contribution in [0.25, 0.3) is 0 Å². The Morgan fingerprint density at radius 3 is 2.38 bits per heavy atom. The molecule has 0 aliphatic heterocycles. The molecule has 5 heteroatoms. The summed E-state index contributed by atoms with van der Waals surface area (Å²) in [4.78, 5) is 25.3. The molecule has 0 heterocycles. The summed E-state index contributed by atoms with van der Waals surface area (Å²) in [6.45, 7) is 5.10. The van der Waals surface area contributed by atoms with Crippen LogP contribution in [0.1, 0.15) is 25.8 Å². The van der Waals surface area contributed by atoms with Crippen molar-refractivity contribution in [3.05, 3.63) is 34.9 Å². The van der Waals surface area contributed by atoms with E-state index in [2.05, 4.69) is 4.74 Å². The van der Waals surface area contributed by atoms with Gasteiger partial charge in [0.1, 0.15) is 0 Å². The van der Waals surface area contributed by atoms with E-state index in [1.807, 2.05) is 26.0 Å². The second kappa shape index (κ2) is 8.67. The topological polar surface area (TPSA) is 46.6 Å². The molecule has 0 radical (unpaired) electrons. The number of esters is 1. The van der Waals surface area contributed by atoms with Gasteiger partial charge in [-0.15, -0.1) is 0 Å². The van der Waals surface area contributed by atoms with Gasteiger partial charge in [-0.2, -0.15) is 0 Å². The van der Waals surface area contributed by atoms with E-state index in [9.17, 15) is 9.59 Å². The Hall–Kier alpha value is -1.55. The first-order chi connectivity index (χ1) is 9.92.